The molecule has 0 amide bonds. The third-order valence-electron chi connectivity index (χ3n) is 2.96. The van der Waals surface area contributed by atoms with Crippen LogP contribution in [-0.4, -0.2) is 0 Å². The fourth-order valence-electron chi connectivity index (χ4n) is 1.08. The zero-order chi connectivity index (χ0) is 18.6. The van der Waals surface area contributed by atoms with Gasteiger partial charge in [0, 0.05) is 0 Å². The van der Waals surface area contributed by atoms with Crippen LogP contribution < -0.4 is 0 Å². The number of hydrogen-bond acceptors (Lipinski definition) is 0. The van der Waals surface area contributed by atoms with Crippen molar-refractivity contribution in [3.8, 4) is 0 Å². The Morgan fingerprint density at radius 2 is 1.18 bits per heavy atom. The Labute approximate surface area is 144 Å². The number of allylic oxidation sites excluding steroid dienone is 4. The van der Waals surface area contributed by atoms with Gasteiger partial charge in [-0.1, -0.05) is 112 Å². The van der Waals surface area contributed by atoms with E-state index in [0.29, 0.717) is 5.41 Å². The van der Waals surface area contributed by atoms with E-state index in [4.69, 9.17) is 0 Å². The van der Waals surface area contributed by atoms with E-state index in [-0.39, 0.29) is 0 Å². The minimum Gasteiger partial charge on any atom is -0.0730 e. The molecule has 1 rings (SSSR count). The molecule has 0 unspecified atom stereocenters. The van der Waals surface area contributed by atoms with E-state index in [0.717, 1.165) is 0 Å². The van der Waals surface area contributed by atoms with Crippen LogP contribution in [0, 0.1) is 5.41 Å². The molecule has 0 bridgehead atoms. The van der Waals surface area contributed by atoms with Crippen molar-refractivity contribution in [2.75, 3.05) is 0 Å². The van der Waals surface area contributed by atoms with Crippen molar-refractivity contribution in [3.05, 3.63) is 23.3 Å². The molecule has 1 aliphatic carbocycles. The first-order valence-electron chi connectivity index (χ1n) is 9.65. The SMILES string of the molecule is CC.CC.CCC.CCC(C)(C)C.CCC1=CC=C(C)CC1. The maximum atomic E-state index is 2.26. The fourth-order valence-corrected chi connectivity index (χ4v) is 1.08. The van der Waals surface area contributed by atoms with E-state index in [1.165, 1.54) is 37.7 Å². The van der Waals surface area contributed by atoms with E-state index < -0.39 is 0 Å². The van der Waals surface area contributed by atoms with Gasteiger partial charge in [0.05, 0.1) is 0 Å². The van der Waals surface area contributed by atoms with Gasteiger partial charge in [-0.15, -0.1) is 0 Å². The summed E-state index contributed by atoms with van der Waals surface area (Å²) in [6.45, 7) is 25.6. The van der Waals surface area contributed by atoms with Crippen LogP contribution in [0.25, 0.3) is 0 Å². The van der Waals surface area contributed by atoms with Crippen molar-refractivity contribution in [3.63, 3.8) is 0 Å². The molecule has 0 radical (unpaired) electrons. The molecular formula is C22H48. The number of rotatable bonds is 1. The molecule has 0 saturated heterocycles. The van der Waals surface area contributed by atoms with Crippen molar-refractivity contribution < 1.29 is 0 Å². The van der Waals surface area contributed by atoms with Crippen LogP contribution in [0.3, 0.4) is 0 Å². The highest BCUT2D eigenvalue weighted by Gasteiger charge is 2.03. The molecule has 0 aromatic carbocycles. The maximum Gasteiger partial charge on any atom is -0.0280 e. The van der Waals surface area contributed by atoms with E-state index in [1.807, 2.05) is 27.7 Å². The highest BCUT2D eigenvalue weighted by molar-refractivity contribution is 5.22. The zero-order valence-corrected chi connectivity index (χ0v) is 18.2. The molecule has 0 heterocycles. The average Bonchev–Trinajstić information content (AvgIpc) is 2.53. The largest absolute Gasteiger partial charge is 0.0730 e. The van der Waals surface area contributed by atoms with Gasteiger partial charge in [0.2, 0.25) is 0 Å². The standard InChI is InChI=1S/C9H14.C6H14.C3H8.2C2H6/c1-3-9-6-4-8(2)5-7-9;1-5-6(2,3)4;1-3-2;2*1-2/h4,6H,3,5,7H2,1-2H3;5H2,1-4H3;3H2,1-2H3;2*1-2H3. The number of hydrogen-bond donors (Lipinski definition) is 0. The molecule has 22 heavy (non-hydrogen) atoms. The van der Waals surface area contributed by atoms with E-state index in [9.17, 15) is 0 Å². The Bertz CT molecular complexity index is 235. The van der Waals surface area contributed by atoms with Crippen LogP contribution in [0.15, 0.2) is 23.3 Å². The molecule has 0 heteroatoms. The van der Waals surface area contributed by atoms with Gasteiger partial charge in [-0.05, 0) is 31.6 Å². The van der Waals surface area contributed by atoms with E-state index in [1.54, 1.807) is 5.57 Å². The highest BCUT2D eigenvalue weighted by atomic mass is 14.1. The molecule has 0 spiro atoms. The molecular weight excluding hydrogens is 264 g/mol. The highest BCUT2D eigenvalue weighted by Crippen LogP contribution is 2.19. The van der Waals surface area contributed by atoms with Gasteiger partial charge in [-0.3, -0.25) is 0 Å². The summed E-state index contributed by atoms with van der Waals surface area (Å²) >= 11 is 0. The third-order valence-corrected chi connectivity index (χ3v) is 2.96. The second kappa shape index (κ2) is 22.8. The average molecular weight is 313 g/mol. The van der Waals surface area contributed by atoms with Gasteiger partial charge in [0.1, 0.15) is 0 Å². The normalized spacial score (nSPS) is 12.4. The predicted molar refractivity (Wildman–Crippen MR) is 110 cm³/mol. The minimum absolute atomic E-state index is 0.542. The molecule has 1 aliphatic rings. The van der Waals surface area contributed by atoms with Crippen LogP contribution in [0.1, 0.15) is 115 Å². The lowest BCUT2D eigenvalue weighted by Gasteiger charge is -2.12. The first-order valence-corrected chi connectivity index (χ1v) is 9.65. The third kappa shape index (κ3) is 31.7. The smallest absolute Gasteiger partial charge is 0.0280 e. The summed E-state index contributed by atoms with van der Waals surface area (Å²) in [5.41, 5.74) is 3.66. The zero-order valence-electron chi connectivity index (χ0n) is 18.2. The second-order valence-electron chi connectivity index (χ2n) is 6.31. The lowest BCUT2D eigenvalue weighted by Crippen LogP contribution is -2.00. The molecule has 136 valence electrons. The fraction of sp³-hybridized carbons (Fsp3) is 0.818. The predicted octanol–water partition coefficient (Wildman–Crippen LogP) is 8.97. The lowest BCUT2D eigenvalue weighted by atomic mass is 9.94. The molecule has 0 fully saturated rings. The van der Waals surface area contributed by atoms with Crippen molar-refractivity contribution in [2.45, 2.75) is 115 Å². The van der Waals surface area contributed by atoms with Crippen LogP contribution in [0.4, 0.5) is 0 Å². The monoisotopic (exact) mass is 312 g/mol. The van der Waals surface area contributed by atoms with Crippen LogP contribution in [0.5, 0.6) is 0 Å². The summed E-state index contributed by atoms with van der Waals surface area (Å²) in [5, 5.41) is 0. The molecule has 0 saturated carbocycles. The minimum atomic E-state index is 0.542. The van der Waals surface area contributed by atoms with Crippen LogP contribution >= 0.6 is 0 Å². The van der Waals surface area contributed by atoms with Crippen molar-refractivity contribution >= 4 is 0 Å². The van der Waals surface area contributed by atoms with Gasteiger partial charge >= 0.3 is 0 Å². The Hall–Kier alpha value is -0.520. The maximum absolute atomic E-state index is 2.26. The Balaban J connectivity index is -0.000000109. The first-order chi connectivity index (χ1) is 10.3. The van der Waals surface area contributed by atoms with E-state index in [2.05, 4.69) is 67.5 Å². The lowest BCUT2D eigenvalue weighted by molar-refractivity contribution is 0.398. The Morgan fingerprint density at radius 3 is 1.36 bits per heavy atom. The van der Waals surface area contributed by atoms with Crippen molar-refractivity contribution in [1.29, 1.82) is 0 Å². The van der Waals surface area contributed by atoms with Crippen LogP contribution in [-0.2, 0) is 0 Å². The molecule has 0 aromatic rings. The first kappa shape index (κ1) is 29.5. The quantitative estimate of drug-likeness (QED) is 0.453. The summed E-state index contributed by atoms with van der Waals surface area (Å²) in [6.07, 6.45) is 10.8. The topological polar surface area (TPSA) is 0 Å². The Morgan fingerprint density at radius 1 is 0.818 bits per heavy atom. The summed E-state index contributed by atoms with van der Waals surface area (Å²) in [6, 6.07) is 0. The van der Waals surface area contributed by atoms with Crippen molar-refractivity contribution in [2.24, 2.45) is 5.41 Å². The van der Waals surface area contributed by atoms with Gasteiger partial charge in [-0.25, -0.2) is 0 Å². The second-order valence-corrected chi connectivity index (χ2v) is 6.31. The molecule has 0 N–H and O–H groups in total. The molecule has 0 nitrogen and oxygen atoms in total. The summed E-state index contributed by atoms with van der Waals surface area (Å²) < 4.78 is 0. The summed E-state index contributed by atoms with van der Waals surface area (Å²) in [4.78, 5) is 0. The molecule has 0 aromatic heterocycles. The van der Waals surface area contributed by atoms with Gasteiger partial charge < -0.3 is 0 Å². The molecule has 0 aliphatic heterocycles. The van der Waals surface area contributed by atoms with Gasteiger partial charge in [0.25, 0.3) is 0 Å². The summed E-state index contributed by atoms with van der Waals surface area (Å²) in [7, 11) is 0. The molecule has 0 atom stereocenters. The van der Waals surface area contributed by atoms with E-state index >= 15 is 0 Å². The van der Waals surface area contributed by atoms with Gasteiger partial charge in [0.15, 0.2) is 0 Å². The van der Waals surface area contributed by atoms with Gasteiger partial charge in [-0.2, -0.15) is 0 Å². The Kier molecular flexibility index (Phi) is 30.5. The summed E-state index contributed by atoms with van der Waals surface area (Å²) in [5.74, 6) is 0. The van der Waals surface area contributed by atoms with Crippen molar-refractivity contribution in [1.82, 2.24) is 0 Å². The van der Waals surface area contributed by atoms with Crippen LogP contribution in [0.2, 0.25) is 0 Å².